The van der Waals surface area contributed by atoms with Crippen LogP contribution in [0.25, 0.3) is 0 Å². The molecule has 5 nitrogen and oxygen atoms in total. The van der Waals surface area contributed by atoms with Crippen molar-refractivity contribution in [3.8, 4) is 23.0 Å². The molecular weight excluding hydrogens is 547 g/mol. The van der Waals surface area contributed by atoms with Crippen molar-refractivity contribution in [3.05, 3.63) is 117 Å². The molecule has 0 amide bonds. The second-order valence-electron chi connectivity index (χ2n) is 9.38. The number of ether oxygens (including phenoxy) is 4. The maximum atomic E-state index is 14.9. The van der Waals surface area contributed by atoms with Crippen molar-refractivity contribution in [1.82, 2.24) is 0 Å². The molecule has 0 fully saturated rings. The third-order valence-corrected chi connectivity index (χ3v) is 7.52. The number of methoxy groups -OCH3 is 4. The van der Waals surface area contributed by atoms with Crippen LogP contribution in [0.4, 0.5) is 0 Å². The molecule has 0 bridgehead atoms. The summed E-state index contributed by atoms with van der Waals surface area (Å²) in [6.07, 6.45) is 0.867. The zero-order valence-corrected chi connectivity index (χ0v) is 24.5. The summed E-state index contributed by atoms with van der Waals surface area (Å²) in [6, 6.07) is 26.1. The molecule has 0 radical (unpaired) electrons. The maximum absolute atomic E-state index is 14.9. The number of hydrogen-bond donors (Lipinski definition) is 0. The molecule has 0 saturated carbocycles. The zero-order chi connectivity index (χ0) is 28.6. The van der Waals surface area contributed by atoms with Crippen LogP contribution in [-0.2, 0) is 17.6 Å². The fourth-order valence-electron chi connectivity index (χ4n) is 4.91. The summed E-state index contributed by atoms with van der Waals surface area (Å²) in [5.41, 5.74) is 3.42. The molecule has 0 N–H and O–H groups in total. The van der Waals surface area contributed by atoms with Crippen LogP contribution in [0.2, 0.25) is 10.0 Å². The van der Waals surface area contributed by atoms with Crippen molar-refractivity contribution in [2.45, 2.75) is 24.7 Å². The van der Waals surface area contributed by atoms with E-state index in [0.29, 0.717) is 45.9 Å². The first-order chi connectivity index (χ1) is 19.4. The zero-order valence-electron chi connectivity index (χ0n) is 22.9. The summed E-state index contributed by atoms with van der Waals surface area (Å²) < 4.78 is 22.6. The fraction of sp³-hybridized carbons (Fsp3) is 0.242. The van der Waals surface area contributed by atoms with Gasteiger partial charge in [-0.1, -0.05) is 47.5 Å². The molecule has 0 saturated heterocycles. The average molecular weight is 580 g/mol. The molecule has 4 rings (SSSR count). The van der Waals surface area contributed by atoms with Crippen LogP contribution >= 0.6 is 23.2 Å². The Morgan fingerprint density at radius 2 is 0.950 bits per heavy atom. The van der Waals surface area contributed by atoms with Crippen LogP contribution in [-0.4, -0.2) is 34.2 Å². The van der Waals surface area contributed by atoms with E-state index in [1.807, 2.05) is 84.9 Å². The fourth-order valence-corrected chi connectivity index (χ4v) is 5.16. The summed E-state index contributed by atoms with van der Waals surface area (Å²) >= 11 is 12.3. The number of carbonyl (C=O) groups is 1. The van der Waals surface area contributed by atoms with E-state index in [-0.39, 0.29) is 5.78 Å². The van der Waals surface area contributed by atoms with Crippen LogP contribution in [0.3, 0.4) is 0 Å². The third-order valence-electron chi connectivity index (χ3n) is 7.02. The van der Waals surface area contributed by atoms with E-state index in [1.54, 1.807) is 28.4 Å². The van der Waals surface area contributed by atoms with Crippen molar-refractivity contribution in [3.63, 3.8) is 0 Å². The van der Waals surface area contributed by atoms with Gasteiger partial charge in [0.15, 0.2) is 0 Å². The minimum Gasteiger partial charge on any atom is -0.497 e. The lowest BCUT2D eigenvalue weighted by Crippen LogP contribution is -2.25. The van der Waals surface area contributed by atoms with Gasteiger partial charge in [0.2, 0.25) is 0 Å². The van der Waals surface area contributed by atoms with Gasteiger partial charge in [0.1, 0.15) is 28.8 Å². The number of Topliss-reactive ketones (excluding diaryl/α,β-unsaturated/α-hetero) is 1. The smallest absolute Gasteiger partial charge is 0.148 e. The molecule has 4 aromatic rings. The van der Waals surface area contributed by atoms with Crippen molar-refractivity contribution in [1.29, 1.82) is 0 Å². The molecule has 7 heteroatoms. The van der Waals surface area contributed by atoms with Crippen LogP contribution in [0, 0.1) is 0 Å². The molecule has 2 atom stereocenters. The van der Waals surface area contributed by atoms with Crippen molar-refractivity contribution in [2.75, 3.05) is 28.4 Å². The first-order valence-electron chi connectivity index (χ1n) is 12.8. The molecule has 0 aliphatic rings. The molecule has 0 heterocycles. The minimum absolute atomic E-state index is 0.00278. The summed E-state index contributed by atoms with van der Waals surface area (Å²) in [4.78, 5) is 14.9. The Kier molecular flexibility index (Phi) is 9.97. The predicted molar refractivity (Wildman–Crippen MR) is 160 cm³/mol. The highest BCUT2D eigenvalue weighted by atomic mass is 35.5. The predicted octanol–water partition coefficient (Wildman–Crippen LogP) is 7.95. The highest BCUT2D eigenvalue weighted by Crippen LogP contribution is 2.41. The molecular formula is C33H32Cl2O5. The maximum Gasteiger partial charge on any atom is 0.148 e. The molecule has 2 unspecified atom stereocenters. The van der Waals surface area contributed by atoms with Crippen molar-refractivity contribution >= 4 is 29.0 Å². The van der Waals surface area contributed by atoms with Gasteiger partial charge in [0, 0.05) is 21.2 Å². The van der Waals surface area contributed by atoms with Crippen LogP contribution in [0.5, 0.6) is 23.0 Å². The summed E-state index contributed by atoms with van der Waals surface area (Å²) in [5, 5.41) is 1.26. The monoisotopic (exact) mass is 578 g/mol. The normalized spacial score (nSPS) is 12.3. The van der Waals surface area contributed by atoms with Gasteiger partial charge in [0.25, 0.3) is 0 Å². The Labute approximate surface area is 245 Å². The van der Waals surface area contributed by atoms with Crippen LogP contribution in [0.1, 0.15) is 34.1 Å². The molecule has 0 aliphatic heterocycles. The Balaban J connectivity index is 1.89. The first kappa shape index (κ1) is 29.3. The Bertz CT molecular complexity index is 1330. The standard InChI is InChI=1S/C33H32Cl2O5/c1-37-25-13-15-31(39-3)27(19-25)29(17-21-5-9-23(34)10-6-21)33(36)30(18-22-7-11-24(35)12-8-22)28-20-26(38-2)14-16-32(28)40-4/h5-16,19-20,29-30H,17-18H2,1-4H3. The summed E-state index contributed by atoms with van der Waals surface area (Å²) in [6.45, 7) is 0. The van der Waals surface area contributed by atoms with Gasteiger partial charge in [-0.05, 0) is 84.6 Å². The molecule has 0 aromatic heterocycles. The second kappa shape index (κ2) is 13.6. The van der Waals surface area contributed by atoms with Crippen LogP contribution < -0.4 is 18.9 Å². The van der Waals surface area contributed by atoms with Gasteiger partial charge in [0.05, 0.1) is 40.3 Å². The van der Waals surface area contributed by atoms with Gasteiger partial charge in [-0.25, -0.2) is 0 Å². The molecule has 40 heavy (non-hydrogen) atoms. The summed E-state index contributed by atoms with van der Waals surface area (Å²) in [5.74, 6) is 1.35. The average Bonchev–Trinajstić information content (AvgIpc) is 2.99. The number of carbonyl (C=O) groups excluding carboxylic acids is 1. The van der Waals surface area contributed by atoms with E-state index in [2.05, 4.69) is 0 Å². The van der Waals surface area contributed by atoms with E-state index < -0.39 is 11.8 Å². The van der Waals surface area contributed by atoms with Gasteiger partial charge in [-0.15, -0.1) is 0 Å². The largest absolute Gasteiger partial charge is 0.497 e. The lowest BCUT2D eigenvalue weighted by molar-refractivity contribution is -0.122. The number of halogens is 2. The van der Waals surface area contributed by atoms with Crippen molar-refractivity contribution in [2.24, 2.45) is 0 Å². The number of ketones is 1. The Morgan fingerprint density at radius 3 is 1.27 bits per heavy atom. The van der Waals surface area contributed by atoms with Gasteiger partial charge < -0.3 is 18.9 Å². The SMILES string of the molecule is COc1ccc(OC)c(C(Cc2ccc(Cl)cc2)C(=O)C(Cc2ccc(Cl)cc2)c2cc(OC)ccc2OC)c1. The molecule has 208 valence electrons. The van der Waals surface area contributed by atoms with Gasteiger partial charge >= 0.3 is 0 Å². The second-order valence-corrected chi connectivity index (χ2v) is 10.3. The third kappa shape index (κ3) is 6.90. The van der Waals surface area contributed by atoms with E-state index >= 15 is 0 Å². The molecule has 0 aliphatic carbocycles. The molecule has 4 aromatic carbocycles. The minimum atomic E-state index is -0.570. The highest BCUT2D eigenvalue weighted by Gasteiger charge is 2.34. The summed E-state index contributed by atoms with van der Waals surface area (Å²) in [7, 11) is 6.41. The first-order valence-corrected chi connectivity index (χ1v) is 13.6. The molecule has 0 spiro atoms. The number of rotatable bonds is 12. The Morgan fingerprint density at radius 1 is 0.575 bits per heavy atom. The number of benzene rings is 4. The highest BCUT2D eigenvalue weighted by molar-refractivity contribution is 6.30. The van der Waals surface area contributed by atoms with Gasteiger partial charge in [-0.2, -0.15) is 0 Å². The van der Waals surface area contributed by atoms with E-state index in [0.717, 1.165) is 22.3 Å². The quantitative estimate of drug-likeness (QED) is 0.171. The lowest BCUT2D eigenvalue weighted by atomic mass is 9.77. The Hall–Kier alpha value is -3.67. The lowest BCUT2D eigenvalue weighted by Gasteiger charge is -2.26. The topological polar surface area (TPSA) is 54.0 Å². The number of hydrogen-bond acceptors (Lipinski definition) is 5. The van der Waals surface area contributed by atoms with E-state index in [9.17, 15) is 4.79 Å². The van der Waals surface area contributed by atoms with Gasteiger partial charge in [-0.3, -0.25) is 4.79 Å². The van der Waals surface area contributed by atoms with Crippen LogP contribution in [0.15, 0.2) is 84.9 Å². The van der Waals surface area contributed by atoms with Crippen molar-refractivity contribution < 1.29 is 23.7 Å². The van der Waals surface area contributed by atoms with E-state index in [1.165, 1.54) is 0 Å². The van der Waals surface area contributed by atoms with E-state index in [4.69, 9.17) is 42.1 Å².